The fourth-order valence-corrected chi connectivity index (χ4v) is 3.41. The summed E-state index contributed by atoms with van der Waals surface area (Å²) in [6.45, 7) is 6.39. The van der Waals surface area contributed by atoms with E-state index in [2.05, 4.69) is 4.98 Å². The molecule has 28 heavy (non-hydrogen) atoms. The molecule has 0 unspecified atom stereocenters. The van der Waals surface area contributed by atoms with Gasteiger partial charge in [-0.1, -0.05) is 12.1 Å². The lowest BCUT2D eigenvalue weighted by Crippen LogP contribution is -2.27. The summed E-state index contributed by atoms with van der Waals surface area (Å²) in [7, 11) is 3.99. The zero-order valence-corrected chi connectivity index (χ0v) is 16.8. The highest BCUT2D eigenvalue weighted by molar-refractivity contribution is 5.97. The fourth-order valence-electron chi connectivity index (χ4n) is 3.41. The van der Waals surface area contributed by atoms with Gasteiger partial charge in [0.25, 0.3) is 5.91 Å². The van der Waals surface area contributed by atoms with Crippen molar-refractivity contribution in [1.29, 1.82) is 0 Å². The average Bonchev–Trinajstić information content (AvgIpc) is 3.23. The van der Waals surface area contributed by atoms with Crippen LogP contribution in [0.2, 0.25) is 0 Å². The van der Waals surface area contributed by atoms with Crippen molar-refractivity contribution in [2.45, 2.75) is 26.9 Å². The normalized spacial score (nSPS) is 13.4. The number of carbonyl (C=O) groups is 1. The number of aryl methyl sites for hydroxylation is 2. The number of carbonyl (C=O) groups excluding carboxylic acids is 1. The van der Waals surface area contributed by atoms with Gasteiger partial charge in [0.2, 0.25) is 0 Å². The summed E-state index contributed by atoms with van der Waals surface area (Å²) in [6.07, 6.45) is 1.87. The highest BCUT2D eigenvalue weighted by atomic mass is 16.5. The minimum Gasteiger partial charge on any atom is -0.491 e. The number of hydrogen-bond donors (Lipinski definition) is 0. The van der Waals surface area contributed by atoms with Crippen LogP contribution in [0.25, 0.3) is 5.65 Å². The minimum atomic E-state index is -0.0413. The molecule has 4 rings (SSSR count). The SMILES string of the molecule is Cc1cnc2c3c(nn2c1C)CN(C(=O)c1ccccc1OCCN(C)C)C3. The van der Waals surface area contributed by atoms with E-state index in [4.69, 9.17) is 9.84 Å². The lowest BCUT2D eigenvalue weighted by atomic mass is 10.1. The van der Waals surface area contributed by atoms with E-state index in [0.29, 0.717) is 31.0 Å². The molecule has 0 saturated heterocycles. The molecule has 0 fully saturated rings. The van der Waals surface area contributed by atoms with Crippen LogP contribution in [0.4, 0.5) is 0 Å². The molecule has 0 saturated carbocycles. The fraction of sp³-hybridized carbons (Fsp3) is 0.381. The van der Waals surface area contributed by atoms with Crippen LogP contribution in [0.15, 0.2) is 30.5 Å². The van der Waals surface area contributed by atoms with Gasteiger partial charge in [-0.2, -0.15) is 5.10 Å². The Labute approximate surface area is 164 Å². The predicted molar refractivity (Wildman–Crippen MR) is 107 cm³/mol. The Morgan fingerprint density at radius 3 is 2.79 bits per heavy atom. The highest BCUT2D eigenvalue weighted by Gasteiger charge is 2.31. The average molecular weight is 379 g/mol. The molecule has 2 aromatic heterocycles. The van der Waals surface area contributed by atoms with Crippen LogP contribution in [0.5, 0.6) is 5.75 Å². The number of fused-ring (bicyclic) bond motifs is 3. The van der Waals surface area contributed by atoms with Crippen LogP contribution >= 0.6 is 0 Å². The molecular weight excluding hydrogens is 354 g/mol. The van der Waals surface area contributed by atoms with Crippen molar-refractivity contribution in [3.05, 3.63) is 58.5 Å². The molecule has 1 aromatic carbocycles. The van der Waals surface area contributed by atoms with Crippen molar-refractivity contribution < 1.29 is 9.53 Å². The third-order valence-electron chi connectivity index (χ3n) is 5.20. The molecule has 1 aliphatic heterocycles. The molecule has 146 valence electrons. The van der Waals surface area contributed by atoms with E-state index in [1.54, 1.807) is 0 Å². The van der Waals surface area contributed by atoms with Gasteiger partial charge in [-0.05, 0) is 45.6 Å². The van der Waals surface area contributed by atoms with Gasteiger partial charge in [-0.25, -0.2) is 9.50 Å². The first-order valence-corrected chi connectivity index (χ1v) is 9.44. The van der Waals surface area contributed by atoms with Crippen LogP contribution in [-0.4, -0.2) is 57.6 Å². The molecule has 1 aliphatic rings. The molecule has 0 N–H and O–H groups in total. The van der Waals surface area contributed by atoms with Gasteiger partial charge >= 0.3 is 0 Å². The molecular formula is C21H25N5O2. The third kappa shape index (κ3) is 3.22. The maximum absolute atomic E-state index is 13.2. The molecule has 3 aromatic rings. The van der Waals surface area contributed by atoms with E-state index in [0.717, 1.165) is 34.7 Å². The molecule has 0 bridgehead atoms. The first-order valence-electron chi connectivity index (χ1n) is 9.44. The number of amides is 1. The second kappa shape index (κ2) is 7.24. The number of aromatic nitrogens is 3. The molecule has 0 spiro atoms. The number of ether oxygens (including phenoxy) is 1. The summed E-state index contributed by atoms with van der Waals surface area (Å²) >= 11 is 0. The first kappa shape index (κ1) is 18.4. The summed E-state index contributed by atoms with van der Waals surface area (Å²) in [5, 5.41) is 4.69. The Balaban J connectivity index is 1.56. The van der Waals surface area contributed by atoms with Crippen molar-refractivity contribution in [3.63, 3.8) is 0 Å². The van der Waals surface area contributed by atoms with Crippen LogP contribution in [0.1, 0.15) is 32.9 Å². The molecule has 0 radical (unpaired) electrons. The summed E-state index contributed by atoms with van der Waals surface area (Å²) in [5.41, 5.74) is 5.55. The van der Waals surface area contributed by atoms with Crippen molar-refractivity contribution >= 4 is 11.6 Å². The Morgan fingerprint density at radius 1 is 1.21 bits per heavy atom. The predicted octanol–water partition coefficient (Wildman–Crippen LogP) is 2.44. The van der Waals surface area contributed by atoms with Gasteiger partial charge in [0.1, 0.15) is 12.4 Å². The van der Waals surface area contributed by atoms with E-state index >= 15 is 0 Å². The zero-order valence-electron chi connectivity index (χ0n) is 16.8. The van der Waals surface area contributed by atoms with Gasteiger partial charge < -0.3 is 14.5 Å². The van der Waals surface area contributed by atoms with Crippen LogP contribution in [0.3, 0.4) is 0 Å². The largest absolute Gasteiger partial charge is 0.491 e. The molecule has 3 heterocycles. The van der Waals surface area contributed by atoms with E-state index in [1.807, 2.05) is 72.7 Å². The summed E-state index contributed by atoms with van der Waals surface area (Å²) < 4.78 is 7.75. The Bertz CT molecular complexity index is 1040. The van der Waals surface area contributed by atoms with Crippen LogP contribution < -0.4 is 4.74 Å². The minimum absolute atomic E-state index is 0.0413. The second-order valence-corrected chi connectivity index (χ2v) is 7.50. The topological polar surface area (TPSA) is 63.0 Å². The van der Waals surface area contributed by atoms with Crippen molar-refractivity contribution in [1.82, 2.24) is 24.4 Å². The number of likely N-dealkylation sites (N-methyl/N-ethyl adjacent to an activating group) is 1. The maximum Gasteiger partial charge on any atom is 0.258 e. The Kier molecular flexibility index (Phi) is 4.77. The van der Waals surface area contributed by atoms with E-state index in [9.17, 15) is 4.79 Å². The lowest BCUT2D eigenvalue weighted by Gasteiger charge is -2.19. The number of benzene rings is 1. The van der Waals surface area contributed by atoms with Gasteiger partial charge in [-0.3, -0.25) is 4.79 Å². The number of rotatable bonds is 5. The van der Waals surface area contributed by atoms with Crippen LogP contribution in [-0.2, 0) is 13.1 Å². The van der Waals surface area contributed by atoms with E-state index in [1.165, 1.54) is 0 Å². The van der Waals surface area contributed by atoms with E-state index < -0.39 is 0 Å². The summed E-state index contributed by atoms with van der Waals surface area (Å²) in [5.74, 6) is 0.582. The monoisotopic (exact) mass is 379 g/mol. The molecule has 7 nitrogen and oxygen atoms in total. The molecule has 0 atom stereocenters. The zero-order chi connectivity index (χ0) is 19.8. The number of para-hydroxylation sites is 1. The van der Waals surface area contributed by atoms with E-state index in [-0.39, 0.29) is 5.91 Å². The summed E-state index contributed by atoms with van der Waals surface area (Å²) in [4.78, 5) is 21.6. The molecule has 0 aliphatic carbocycles. The quantitative estimate of drug-likeness (QED) is 0.681. The first-order chi connectivity index (χ1) is 13.5. The summed E-state index contributed by atoms with van der Waals surface area (Å²) in [6, 6.07) is 7.43. The standard InChI is InChI=1S/C21H25N5O2/c1-14-11-22-20-17-12-25(13-18(17)23-26(20)15(14)2)21(27)16-7-5-6-8-19(16)28-10-9-24(3)4/h5-8,11H,9-10,12-13H2,1-4H3. The van der Waals surface area contributed by atoms with Crippen LogP contribution in [0, 0.1) is 13.8 Å². The lowest BCUT2D eigenvalue weighted by molar-refractivity contribution is 0.0745. The van der Waals surface area contributed by atoms with Gasteiger partial charge in [0.05, 0.1) is 24.3 Å². The smallest absolute Gasteiger partial charge is 0.258 e. The third-order valence-corrected chi connectivity index (χ3v) is 5.20. The highest BCUT2D eigenvalue weighted by Crippen LogP contribution is 2.29. The Morgan fingerprint density at radius 2 is 2.00 bits per heavy atom. The maximum atomic E-state index is 13.2. The van der Waals surface area contributed by atoms with Crippen molar-refractivity contribution in [2.75, 3.05) is 27.2 Å². The second-order valence-electron chi connectivity index (χ2n) is 7.50. The van der Waals surface area contributed by atoms with Gasteiger partial charge in [0, 0.05) is 24.0 Å². The molecule has 7 heteroatoms. The van der Waals surface area contributed by atoms with Gasteiger partial charge in [-0.15, -0.1) is 0 Å². The van der Waals surface area contributed by atoms with Crippen molar-refractivity contribution in [2.24, 2.45) is 0 Å². The molecule has 1 amide bonds. The number of nitrogens with zero attached hydrogens (tertiary/aromatic N) is 5. The number of hydrogen-bond acceptors (Lipinski definition) is 5. The Hall–Kier alpha value is -2.93. The van der Waals surface area contributed by atoms with Crippen molar-refractivity contribution in [3.8, 4) is 5.75 Å². The van der Waals surface area contributed by atoms with Gasteiger partial charge in [0.15, 0.2) is 5.65 Å².